The Morgan fingerprint density at radius 1 is 1.13 bits per heavy atom. The third-order valence-corrected chi connectivity index (χ3v) is 4.87. The molecular formula is C21H22N6O3. The van der Waals surface area contributed by atoms with Crippen molar-refractivity contribution in [3.8, 4) is 0 Å². The molecule has 0 saturated carbocycles. The Hall–Kier alpha value is -3.75. The van der Waals surface area contributed by atoms with Crippen molar-refractivity contribution < 1.29 is 9.21 Å². The smallest absolute Gasteiger partial charge is 0.225 e. The molecule has 1 aliphatic heterocycles. The number of hydrogen-bond acceptors (Lipinski definition) is 8. The number of aromatic nitrogens is 2. The summed E-state index contributed by atoms with van der Waals surface area (Å²) in [5, 5.41) is 4.84. The largest absolute Gasteiger partial charge is 0.461 e. The summed E-state index contributed by atoms with van der Waals surface area (Å²) >= 11 is 0. The van der Waals surface area contributed by atoms with Crippen LogP contribution in [-0.4, -0.2) is 52.7 Å². The quantitative estimate of drug-likeness (QED) is 0.399. The van der Waals surface area contributed by atoms with Crippen molar-refractivity contribution in [3.05, 3.63) is 58.7 Å². The van der Waals surface area contributed by atoms with E-state index in [1.807, 2.05) is 4.90 Å². The highest BCUT2D eigenvalue weighted by Crippen LogP contribution is 2.18. The van der Waals surface area contributed by atoms with Crippen LogP contribution in [0.15, 0.2) is 57.0 Å². The number of piperazine rings is 1. The van der Waals surface area contributed by atoms with Gasteiger partial charge in [-0.15, -0.1) is 0 Å². The van der Waals surface area contributed by atoms with Crippen molar-refractivity contribution in [2.75, 3.05) is 36.5 Å². The van der Waals surface area contributed by atoms with Gasteiger partial charge in [-0.05, 0) is 25.1 Å². The Morgan fingerprint density at radius 2 is 1.87 bits per heavy atom. The number of benzene rings is 1. The molecule has 1 aliphatic rings. The molecule has 2 aromatic heterocycles. The maximum absolute atomic E-state index is 12.2. The van der Waals surface area contributed by atoms with Crippen LogP contribution in [0.2, 0.25) is 0 Å². The number of ketones is 1. The molecule has 3 aromatic rings. The number of fused-ring (bicyclic) bond motifs is 1. The molecule has 1 aromatic carbocycles. The number of carbonyl (C=O) groups is 1. The molecule has 0 bridgehead atoms. The number of amidine groups is 1. The van der Waals surface area contributed by atoms with Crippen LogP contribution < -0.4 is 15.8 Å². The standard InChI is InChI=1S/C21H22N6O3/c1-14-12-18(29)17-5-4-16(13-19(17)30-14)24-25-20(15(2)28)26-8-10-27(11-9-26)21-22-6-3-7-23-21/h3-7,12-13,24H,8-11H2,1-2H3/b25-20-. The molecule has 0 aliphatic carbocycles. The van der Waals surface area contributed by atoms with Crippen molar-refractivity contribution in [1.29, 1.82) is 0 Å². The van der Waals surface area contributed by atoms with Gasteiger partial charge in [-0.1, -0.05) is 0 Å². The van der Waals surface area contributed by atoms with Gasteiger partial charge in [0.05, 0.1) is 11.1 Å². The average molecular weight is 406 g/mol. The molecule has 0 atom stereocenters. The van der Waals surface area contributed by atoms with Crippen LogP contribution in [0.25, 0.3) is 11.0 Å². The molecule has 0 amide bonds. The lowest BCUT2D eigenvalue weighted by molar-refractivity contribution is -0.111. The Labute approximate surface area is 173 Å². The van der Waals surface area contributed by atoms with Gasteiger partial charge in [-0.25, -0.2) is 9.97 Å². The Bertz CT molecular complexity index is 1150. The third-order valence-electron chi connectivity index (χ3n) is 4.87. The highest BCUT2D eigenvalue weighted by molar-refractivity contribution is 6.38. The third kappa shape index (κ3) is 4.14. The summed E-state index contributed by atoms with van der Waals surface area (Å²) in [4.78, 5) is 36.8. The molecule has 1 fully saturated rings. The van der Waals surface area contributed by atoms with Gasteiger partial charge in [0.25, 0.3) is 0 Å². The lowest BCUT2D eigenvalue weighted by Gasteiger charge is -2.35. The predicted octanol–water partition coefficient (Wildman–Crippen LogP) is 2.03. The minimum Gasteiger partial charge on any atom is -0.461 e. The fraction of sp³-hybridized carbons (Fsp3) is 0.286. The van der Waals surface area contributed by atoms with Gasteiger partial charge in [0.2, 0.25) is 5.95 Å². The lowest BCUT2D eigenvalue weighted by atomic mass is 10.2. The zero-order chi connectivity index (χ0) is 21.1. The van der Waals surface area contributed by atoms with Crippen molar-refractivity contribution >= 4 is 34.2 Å². The molecule has 0 radical (unpaired) electrons. The fourth-order valence-corrected chi connectivity index (χ4v) is 3.41. The van der Waals surface area contributed by atoms with E-state index in [9.17, 15) is 9.59 Å². The molecule has 4 rings (SSSR count). The molecular weight excluding hydrogens is 384 g/mol. The molecule has 0 spiro atoms. The second-order valence-electron chi connectivity index (χ2n) is 7.06. The number of carbonyl (C=O) groups excluding carboxylic acids is 1. The summed E-state index contributed by atoms with van der Waals surface area (Å²) in [6, 6.07) is 8.37. The van der Waals surface area contributed by atoms with Gasteiger partial charge in [0.1, 0.15) is 11.3 Å². The molecule has 1 N–H and O–H groups in total. The first-order valence-electron chi connectivity index (χ1n) is 9.67. The summed E-state index contributed by atoms with van der Waals surface area (Å²) in [5.41, 5.74) is 3.94. The van der Waals surface area contributed by atoms with E-state index in [-0.39, 0.29) is 11.2 Å². The van der Waals surface area contributed by atoms with Crippen LogP contribution in [-0.2, 0) is 4.79 Å². The van der Waals surface area contributed by atoms with Crippen molar-refractivity contribution in [2.45, 2.75) is 13.8 Å². The summed E-state index contributed by atoms with van der Waals surface area (Å²) in [5.74, 6) is 1.45. The predicted molar refractivity (Wildman–Crippen MR) is 115 cm³/mol. The van der Waals surface area contributed by atoms with Crippen LogP contribution >= 0.6 is 0 Å². The van der Waals surface area contributed by atoms with Gasteiger partial charge >= 0.3 is 0 Å². The van der Waals surface area contributed by atoms with E-state index in [4.69, 9.17) is 4.42 Å². The highest BCUT2D eigenvalue weighted by Gasteiger charge is 2.23. The SMILES string of the molecule is CC(=O)/C(=N/Nc1ccc2c(=O)cc(C)oc2c1)N1CCN(c2ncccn2)CC1. The Balaban J connectivity index is 1.49. The maximum atomic E-state index is 12.2. The topological polar surface area (TPSA) is 104 Å². The minimum absolute atomic E-state index is 0.0894. The van der Waals surface area contributed by atoms with Crippen molar-refractivity contribution in [2.24, 2.45) is 5.10 Å². The molecule has 9 heteroatoms. The van der Waals surface area contributed by atoms with Gasteiger partial charge in [-0.3, -0.25) is 15.0 Å². The van der Waals surface area contributed by atoms with Gasteiger partial charge in [0, 0.05) is 57.6 Å². The average Bonchev–Trinajstić information content (AvgIpc) is 2.74. The zero-order valence-electron chi connectivity index (χ0n) is 16.8. The number of anilines is 2. The molecule has 154 valence electrons. The molecule has 1 saturated heterocycles. The van der Waals surface area contributed by atoms with E-state index in [1.165, 1.54) is 13.0 Å². The first-order chi connectivity index (χ1) is 14.5. The van der Waals surface area contributed by atoms with Crippen molar-refractivity contribution in [3.63, 3.8) is 0 Å². The summed E-state index contributed by atoms with van der Waals surface area (Å²) < 4.78 is 5.62. The number of hydrogen-bond donors (Lipinski definition) is 1. The lowest BCUT2D eigenvalue weighted by Crippen LogP contribution is -2.51. The van der Waals surface area contributed by atoms with Crippen molar-refractivity contribution in [1.82, 2.24) is 14.9 Å². The summed E-state index contributed by atoms with van der Waals surface area (Å²) in [6.07, 6.45) is 3.43. The molecule has 30 heavy (non-hydrogen) atoms. The number of aryl methyl sites for hydroxylation is 1. The molecule has 3 heterocycles. The first kappa shape index (κ1) is 19.6. The zero-order valence-corrected chi connectivity index (χ0v) is 16.8. The molecule has 0 unspecified atom stereocenters. The van der Waals surface area contributed by atoms with E-state index in [0.717, 1.165) is 0 Å². The summed E-state index contributed by atoms with van der Waals surface area (Å²) in [6.45, 7) is 5.87. The van der Waals surface area contributed by atoms with Crippen LogP contribution in [0, 0.1) is 6.92 Å². The monoisotopic (exact) mass is 406 g/mol. The number of nitrogens with zero attached hydrogens (tertiary/aromatic N) is 5. The molecule has 9 nitrogen and oxygen atoms in total. The first-order valence-corrected chi connectivity index (χ1v) is 9.67. The van der Waals surface area contributed by atoms with Crippen LogP contribution in [0.4, 0.5) is 11.6 Å². The second kappa shape index (κ2) is 8.32. The fourth-order valence-electron chi connectivity index (χ4n) is 3.41. The Morgan fingerprint density at radius 3 is 2.57 bits per heavy atom. The Kier molecular flexibility index (Phi) is 5.42. The van der Waals surface area contributed by atoms with Crippen LogP contribution in [0.3, 0.4) is 0 Å². The van der Waals surface area contributed by atoms with Crippen LogP contribution in [0.1, 0.15) is 12.7 Å². The number of Topliss-reactive ketones (excluding diaryl/α,β-unsaturated/α-hetero) is 1. The second-order valence-corrected chi connectivity index (χ2v) is 7.06. The number of nitrogens with one attached hydrogen (secondary N) is 1. The van der Waals surface area contributed by atoms with E-state index in [1.54, 1.807) is 43.6 Å². The van der Waals surface area contributed by atoms with E-state index < -0.39 is 0 Å². The maximum Gasteiger partial charge on any atom is 0.225 e. The van der Waals surface area contributed by atoms with E-state index >= 15 is 0 Å². The summed E-state index contributed by atoms with van der Waals surface area (Å²) in [7, 11) is 0. The van der Waals surface area contributed by atoms with Crippen LogP contribution in [0.5, 0.6) is 0 Å². The highest BCUT2D eigenvalue weighted by atomic mass is 16.3. The van der Waals surface area contributed by atoms with Gasteiger partial charge < -0.3 is 14.2 Å². The van der Waals surface area contributed by atoms with Gasteiger partial charge in [0.15, 0.2) is 17.0 Å². The number of hydrazone groups is 1. The van der Waals surface area contributed by atoms with E-state index in [2.05, 4.69) is 25.4 Å². The normalized spacial score (nSPS) is 14.8. The minimum atomic E-state index is -0.130. The van der Waals surface area contributed by atoms with E-state index in [0.29, 0.717) is 60.4 Å². The number of rotatable bonds is 4. The van der Waals surface area contributed by atoms with Gasteiger partial charge in [-0.2, -0.15) is 5.10 Å².